The molecule has 0 bridgehead atoms. The summed E-state index contributed by atoms with van der Waals surface area (Å²) in [5, 5.41) is 14.1. The van der Waals surface area contributed by atoms with E-state index >= 15 is 0 Å². The largest absolute Gasteiger partial charge is 0.465 e. The molecule has 1 fully saturated rings. The van der Waals surface area contributed by atoms with Crippen LogP contribution in [0.1, 0.15) is 33.6 Å². The number of aromatic nitrogens is 3. The molecule has 0 saturated heterocycles. The number of rotatable bonds is 8. The molecule has 0 atom stereocenters. The van der Waals surface area contributed by atoms with Crippen molar-refractivity contribution >= 4 is 42.6 Å². The smallest absolute Gasteiger partial charge is 0.407 e. The zero-order chi connectivity index (χ0) is 23.0. The first kappa shape index (κ1) is 23.8. The second-order valence-electron chi connectivity index (χ2n) is 10.5. The SMILES string of the molecule is CC(C)(C)N(C(=O)O)[C@H]1C[C@H](Nc2nc(Cl)nc3c2ccn3COCC[Si](C)(C)C)C1. The van der Waals surface area contributed by atoms with E-state index in [9.17, 15) is 9.90 Å². The molecule has 1 saturated carbocycles. The summed E-state index contributed by atoms with van der Waals surface area (Å²) in [6, 6.07) is 3.21. The Kier molecular flexibility index (Phi) is 6.88. The van der Waals surface area contributed by atoms with Crippen LogP contribution in [0.5, 0.6) is 0 Å². The number of hydrogen-bond donors (Lipinski definition) is 2. The highest BCUT2D eigenvalue weighted by Crippen LogP contribution is 2.34. The van der Waals surface area contributed by atoms with Crippen molar-refractivity contribution in [2.75, 3.05) is 11.9 Å². The molecule has 2 aromatic rings. The predicted octanol–water partition coefficient (Wildman–Crippen LogP) is 5.12. The Hall–Kier alpha value is -1.84. The van der Waals surface area contributed by atoms with E-state index in [1.54, 1.807) is 4.90 Å². The van der Waals surface area contributed by atoms with Gasteiger partial charge in [-0.05, 0) is 57.3 Å². The fraction of sp³-hybridized carbons (Fsp3) is 0.667. The van der Waals surface area contributed by atoms with Crippen LogP contribution in [0.3, 0.4) is 0 Å². The summed E-state index contributed by atoms with van der Waals surface area (Å²) in [7, 11) is -1.13. The lowest BCUT2D eigenvalue weighted by molar-refractivity contribution is 0.0379. The Balaban J connectivity index is 1.66. The van der Waals surface area contributed by atoms with E-state index in [-0.39, 0.29) is 17.4 Å². The van der Waals surface area contributed by atoms with Crippen LogP contribution < -0.4 is 5.32 Å². The first-order valence-corrected chi connectivity index (χ1v) is 14.8. The number of hydrogen-bond acceptors (Lipinski definition) is 5. The van der Waals surface area contributed by atoms with Crippen molar-refractivity contribution in [1.82, 2.24) is 19.4 Å². The summed E-state index contributed by atoms with van der Waals surface area (Å²) in [6.07, 6.45) is 2.51. The van der Waals surface area contributed by atoms with Gasteiger partial charge in [-0.3, -0.25) is 0 Å². The van der Waals surface area contributed by atoms with Gasteiger partial charge < -0.3 is 24.6 Å². The van der Waals surface area contributed by atoms with Crippen LogP contribution in [0, 0.1) is 0 Å². The average molecular weight is 468 g/mol. The third-order valence-corrected chi connectivity index (χ3v) is 7.44. The fourth-order valence-electron chi connectivity index (χ4n) is 3.89. The van der Waals surface area contributed by atoms with E-state index in [4.69, 9.17) is 16.3 Å². The molecule has 2 N–H and O–H groups in total. The third kappa shape index (κ3) is 5.90. The summed E-state index contributed by atoms with van der Waals surface area (Å²) >= 11 is 6.20. The van der Waals surface area contributed by atoms with Crippen molar-refractivity contribution in [3.63, 3.8) is 0 Å². The summed E-state index contributed by atoms with van der Waals surface area (Å²) in [6.45, 7) is 13.9. The van der Waals surface area contributed by atoms with Crippen molar-refractivity contribution in [1.29, 1.82) is 0 Å². The molecule has 10 heteroatoms. The number of halogens is 1. The normalized spacial score (nSPS) is 19.3. The molecule has 1 aliphatic rings. The zero-order valence-corrected chi connectivity index (χ0v) is 21.0. The summed E-state index contributed by atoms with van der Waals surface area (Å²) in [4.78, 5) is 22.0. The van der Waals surface area contributed by atoms with Crippen molar-refractivity contribution in [2.24, 2.45) is 0 Å². The molecular formula is C21H34ClN5O3Si. The van der Waals surface area contributed by atoms with Crippen LogP contribution in [0.4, 0.5) is 10.6 Å². The number of anilines is 1. The number of carboxylic acid groups (broad SMARTS) is 1. The van der Waals surface area contributed by atoms with Gasteiger partial charge in [0.15, 0.2) is 0 Å². The van der Waals surface area contributed by atoms with Crippen LogP contribution in [-0.2, 0) is 11.5 Å². The molecule has 0 unspecified atom stereocenters. The van der Waals surface area contributed by atoms with Gasteiger partial charge in [-0.25, -0.2) is 9.78 Å². The average Bonchev–Trinajstić information content (AvgIpc) is 2.97. The van der Waals surface area contributed by atoms with E-state index < -0.39 is 19.7 Å². The highest BCUT2D eigenvalue weighted by atomic mass is 35.5. The molecule has 2 aromatic heterocycles. The van der Waals surface area contributed by atoms with Crippen LogP contribution in [0.15, 0.2) is 12.3 Å². The van der Waals surface area contributed by atoms with Gasteiger partial charge in [0, 0.05) is 38.5 Å². The molecule has 0 aliphatic heterocycles. The van der Waals surface area contributed by atoms with E-state index in [0.717, 1.165) is 36.5 Å². The van der Waals surface area contributed by atoms with Gasteiger partial charge in [-0.15, -0.1) is 0 Å². The molecular weight excluding hydrogens is 434 g/mol. The maximum atomic E-state index is 11.7. The second kappa shape index (κ2) is 8.95. The first-order chi connectivity index (χ1) is 14.3. The predicted molar refractivity (Wildman–Crippen MR) is 127 cm³/mol. The topological polar surface area (TPSA) is 92.5 Å². The minimum atomic E-state index is -1.13. The number of nitrogens with zero attached hydrogens (tertiary/aromatic N) is 4. The maximum absolute atomic E-state index is 11.7. The summed E-state index contributed by atoms with van der Waals surface area (Å²) < 4.78 is 7.80. The van der Waals surface area contributed by atoms with Crippen LogP contribution in [0.25, 0.3) is 11.0 Å². The molecule has 1 aliphatic carbocycles. The van der Waals surface area contributed by atoms with E-state index in [0.29, 0.717) is 12.5 Å². The molecule has 0 spiro atoms. The Morgan fingerprint density at radius 2 is 2.03 bits per heavy atom. The standard InChI is InChI=1S/C21H34ClN5O3Si/c1-21(2,3)27(20(28)29)15-11-14(12-15)23-17-16-7-8-26(18(16)25-19(22)24-17)13-30-9-10-31(4,5)6/h7-8,14-15H,9-13H2,1-6H3,(H,28,29)(H,23,24,25)/t14-,15-. The lowest BCUT2D eigenvalue weighted by Gasteiger charge is -2.47. The maximum Gasteiger partial charge on any atom is 0.407 e. The Bertz CT molecular complexity index is 931. The number of fused-ring (bicyclic) bond motifs is 1. The van der Waals surface area contributed by atoms with Gasteiger partial charge in [-0.1, -0.05) is 19.6 Å². The van der Waals surface area contributed by atoms with Crippen molar-refractivity contribution in [3.8, 4) is 0 Å². The Morgan fingerprint density at radius 3 is 2.61 bits per heavy atom. The van der Waals surface area contributed by atoms with Gasteiger partial charge in [0.05, 0.1) is 5.39 Å². The third-order valence-electron chi connectivity index (χ3n) is 5.57. The molecule has 31 heavy (non-hydrogen) atoms. The highest BCUT2D eigenvalue weighted by Gasteiger charge is 2.41. The van der Waals surface area contributed by atoms with E-state index in [1.165, 1.54) is 0 Å². The van der Waals surface area contributed by atoms with Crippen LogP contribution in [-0.4, -0.2) is 62.9 Å². The van der Waals surface area contributed by atoms with Gasteiger partial charge in [-0.2, -0.15) is 4.98 Å². The molecule has 0 radical (unpaired) electrons. The summed E-state index contributed by atoms with van der Waals surface area (Å²) in [5.41, 5.74) is 0.299. The van der Waals surface area contributed by atoms with Crippen molar-refractivity contribution in [3.05, 3.63) is 17.5 Å². The number of ether oxygens (including phenoxy) is 1. The molecule has 3 rings (SSSR count). The Labute approximate surface area is 190 Å². The van der Waals surface area contributed by atoms with Crippen molar-refractivity contribution < 1.29 is 14.6 Å². The van der Waals surface area contributed by atoms with Crippen LogP contribution >= 0.6 is 11.6 Å². The molecule has 0 aromatic carbocycles. The minimum Gasteiger partial charge on any atom is -0.465 e. The van der Waals surface area contributed by atoms with Gasteiger partial charge >= 0.3 is 6.09 Å². The molecule has 2 heterocycles. The fourth-order valence-corrected chi connectivity index (χ4v) is 4.82. The van der Waals surface area contributed by atoms with E-state index in [2.05, 4.69) is 34.9 Å². The minimum absolute atomic E-state index is 0.00725. The lowest BCUT2D eigenvalue weighted by atomic mass is 9.83. The molecule has 8 nitrogen and oxygen atoms in total. The van der Waals surface area contributed by atoms with E-state index in [1.807, 2.05) is 37.6 Å². The summed E-state index contributed by atoms with van der Waals surface area (Å²) in [5.74, 6) is 0.678. The number of carbonyl (C=O) groups is 1. The lowest BCUT2D eigenvalue weighted by Crippen LogP contribution is -2.58. The molecule has 172 valence electrons. The van der Waals surface area contributed by atoms with Gasteiger partial charge in [0.1, 0.15) is 18.2 Å². The van der Waals surface area contributed by atoms with Crippen LogP contribution in [0.2, 0.25) is 31.0 Å². The quantitative estimate of drug-likeness (QED) is 0.318. The second-order valence-corrected chi connectivity index (χ2v) is 16.5. The number of amides is 1. The first-order valence-electron chi connectivity index (χ1n) is 10.7. The zero-order valence-electron chi connectivity index (χ0n) is 19.3. The number of nitrogens with one attached hydrogen (secondary N) is 1. The van der Waals surface area contributed by atoms with Gasteiger partial charge in [0.25, 0.3) is 0 Å². The monoisotopic (exact) mass is 467 g/mol. The van der Waals surface area contributed by atoms with Crippen molar-refractivity contribution in [2.45, 2.75) is 83.7 Å². The van der Waals surface area contributed by atoms with Gasteiger partial charge in [0.2, 0.25) is 5.28 Å². The Morgan fingerprint density at radius 1 is 1.35 bits per heavy atom. The molecule has 1 amide bonds. The highest BCUT2D eigenvalue weighted by molar-refractivity contribution is 6.76.